The number of alkyl halides is 3. The van der Waals surface area contributed by atoms with Crippen molar-refractivity contribution in [3.05, 3.63) is 10.6 Å². The minimum absolute atomic E-state index is 0.266. The third-order valence-electron chi connectivity index (χ3n) is 0.958. The molecule has 0 fully saturated rings. The molecule has 0 bridgehead atoms. The molecule has 0 saturated heterocycles. The number of aromatic amines is 1. The normalized spacial score (nSPS) is 11.9. The van der Waals surface area contributed by atoms with E-state index in [0.29, 0.717) is 0 Å². The van der Waals surface area contributed by atoms with Crippen molar-refractivity contribution in [2.45, 2.75) is 6.18 Å². The molecule has 0 amide bonds. The highest BCUT2D eigenvalue weighted by Gasteiger charge is 2.36. The Balaban J connectivity index is 3.26. The summed E-state index contributed by atoms with van der Waals surface area (Å²) in [5.74, 6) is 3.65. The Morgan fingerprint density at radius 1 is 1.55 bits per heavy atom. The highest BCUT2D eigenvalue weighted by atomic mass is 32.1. The summed E-state index contributed by atoms with van der Waals surface area (Å²) < 4.78 is 35.5. The van der Waals surface area contributed by atoms with Crippen molar-refractivity contribution in [3.63, 3.8) is 0 Å². The van der Waals surface area contributed by atoms with Crippen molar-refractivity contribution in [3.8, 4) is 0 Å². The lowest BCUT2D eigenvalue weighted by Gasteiger charge is -2.02. The summed E-state index contributed by atoms with van der Waals surface area (Å²) in [6, 6.07) is 0. The number of nitrogen functional groups attached to an aromatic ring is 1. The van der Waals surface area contributed by atoms with Gasteiger partial charge in [-0.25, -0.2) is 9.77 Å². The maximum absolute atomic E-state index is 11.8. The van der Waals surface area contributed by atoms with Gasteiger partial charge in [0, 0.05) is 0 Å². The van der Waals surface area contributed by atoms with Gasteiger partial charge in [-0.1, -0.05) is 0 Å². The van der Waals surface area contributed by atoms with E-state index in [1.54, 1.807) is 0 Å². The van der Waals surface area contributed by atoms with E-state index in [-0.39, 0.29) is 9.45 Å². The third-order valence-corrected chi connectivity index (χ3v) is 1.25. The monoisotopic (exact) mass is 184 g/mol. The lowest BCUT2D eigenvalue weighted by molar-refractivity contribution is -0.146. The van der Waals surface area contributed by atoms with Crippen molar-refractivity contribution in [2.75, 3.05) is 5.84 Å². The van der Waals surface area contributed by atoms with Gasteiger partial charge in [0.2, 0.25) is 4.77 Å². The predicted molar refractivity (Wildman–Crippen MR) is 32.6 cm³/mol. The number of nitrogens with two attached hydrogens (primary N) is 1. The second kappa shape index (κ2) is 2.22. The first-order chi connectivity index (χ1) is 4.93. The summed E-state index contributed by atoms with van der Waals surface area (Å²) in [5.41, 5.74) is 0. The van der Waals surface area contributed by atoms with Crippen molar-refractivity contribution in [2.24, 2.45) is 0 Å². The summed E-state index contributed by atoms with van der Waals surface area (Å²) >= 11 is 4.36. The van der Waals surface area contributed by atoms with Crippen LogP contribution in [0.1, 0.15) is 5.82 Å². The van der Waals surface area contributed by atoms with E-state index in [1.807, 2.05) is 5.10 Å². The Morgan fingerprint density at radius 2 is 2.09 bits per heavy atom. The number of hydrogen-bond donors (Lipinski definition) is 2. The van der Waals surface area contributed by atoms with Crippen LogP contribution in [0.5, 0.6) is 0 Å². The maximum atomic E-state index is 11.8. The smallest absolute Gasteiger partial charge is 0.335 e. The van der Waals surface area contributed by atoms with E-state index in [1.165, 1.54) is 0 Å². The molecule has 0 spiro atoms. The molecular weight excluding hydrogens is 181 g/mol. The van der Waals surface area contributed by atoms with E-state index in [2.05, 4.69) is 17.3 Å². The van der Waals surface area contributed by atoms with E-state index >= 15 is 0 Å². The van der Waals surface area contributed by atoms with Gasteiger partial charge in [0.15, 0.2) is 0 Å². The number of nitrogens with zero attached hydrogens (tertiary/aromatic N) is 2. The van der Waals surface area contributed by atoms with Gasteiger partial charge in [0.1, 0.15) is 0 Å². The first-order valence-corrected chi connectivity index (χ1v) is 2.83. The van der Waals surface area contributed by atoms with Gasteiger partial charge in [-0.2, -0.15) is 13.2 Å². The molecule has 0 radical (unpaired) electrons. The van der Waals surface area contributed by atoms with Gasteiger partial charge in [-0.15, -0.1) is 5.10 Å². The van der Waals surface area contributed by atoms with Crippen LogP contribution in [0, 0.1) is 4.77 Å². The lowest BCUT2D eigenvalue weighted by atomic mass is 10.6. The average Bonchev–Trinajstić information content (AvgIpc) is 2.11. The van der Waals surface area contributed by atoms with Gasteiger partial charge < -0.3 is 5.84 Å². The Labute approximate surface area is 63.8 Å². The molecule has 0 aliphatic carbocycles. The minimum atomic E-state index is -4.57. The summed E-state index contributed by atoms with van der Waals surface area (Å²) in [6.07, 6.45) is -4.57. The molecule has 0 aliphatic heterocycles. The number of H-pyrrole nitrogens is 1. The molecule has 1 heterocycles. The molecule has 0 aromatic carbocycles. The number of hydrogen-bond acceptors (Lipinski definition) is 3. The summed E-state index contributed by atoms with van der Waals surface area (Å²) in [4.78, 5) is 0. The predicted octanol–water partition coefficient (Wildman–Crippen LogP) is 0.673. The van der Waals surface area contributed by atoms with Crippen LogP contribution in [0.2, 0.25) is 0 Å². The van der Waals surface area contributed by atoms with Gasteiger partial charge in [-0.3, -0.25) is 0 Å². The van der Waals surface area contributed by atoms with Crippen LogP contribution in [-0.4, -0.2) is 14.9 Å². The van der Waals surface area contributed by atoms with Crippen molar-refractivity contribution in [1.29, 1.82) is 0 Å². The largest absolute Gasteiger partial charge is 0.453 e. The Hall–Kier alpha value is -1.05. The Kier molecular flexibility index (Phi) is 1.63. The van der Waals surface area contributed by atoms with E-state index in [4.69, 9.17) is 5.84 Å². The zero-order chi connectivity index (χ0) is 8.65. The van der Waals surface area contributed by atoms with E-state index in [9.17, 15) is 13.2 Å². The Morgan fingerprint density at radius 3 is 2.27 bits per heavy atom. The molecule has 1 aromatic heterocycles. The summed E-state index contributed by atoms with van der Waals surface area (Å²) in [7, 11) is 0. The maximum Gasteiger partial charge on any atom is 0.453 e. The van der Waals surface area contributed by atoms with E-state index < -0.39 is 12.0 Å². The van der Waals surface area contributed by atoms with Crippen molar-refractivity contribution in [1.82, 2.24) is 14.9 Å². The molecule has 0 saturated carbocycles. The second-order valence-electron chi connectivity index (χ2n) is 1.72. The van der Waals surface area contributed by atoms with Crippen LogP contribution in [-0.2, 0) is 6.18 Å². The van der Waals surface area contributed by atoms with Gasteiger partial charge in [0.25, 0.3) is 5.82 Å². The van der Waals surface area contributed by atoms with Crippen LogP contribution in [0.4, 0.5) is 13.2 Å². The molecule has 0 unspecified atom stereocenters. The number of nitrogens with one attached hydrogen (secondary N) is 1. The molecule has 62 valence electrons. The topological polar surface area (TPSA) is 59.6 Å². The fourth-order valence-corrected chi connectivity index (χ4v) is 0.637. The van der Waals surface area contributed by atoms with Crippen molar-refractivity contribution < 1.29 is 13.2 Å². The number of halogens is 3. The molecule has 4 nitrogen and oxygen atoms in total. The quantitative estimate of drug-likeness (QED) is 0.460. The molecule has 1 rings (SSSR count). The van der Waals surface area contributed by atoms with Gasteiger partial charge in [0.05, 0.1) is 0 Å². The molecule has 8 heteroatoms. The average molecular weight is 184 g/mol. The van der Waals surface area contributed by atoms with Crippen LogP contribution in [0.15, 0.2) is 0 Å². The first kappa shape index (κ1) is 8.05. The first-order valence-electron chi connectivity index (χ1n) is 2.42. The summed E-state index contributed by atoms with van der Waals surface area (Å²) in [5, 5.41) is 4.80. The van der Waals surface area contributed by atoms with Crippen LogP contribution >= 0.6 is 12.2 Å². The molecule has 0 aliphatic rings. The van der Waals surface area contributed by atoms with E-state index in [0.717, 1.165) is 0 Å². The number of rotatable bonds is 0. The lowest BCUT2D eigenvalue weighted by Crippen LogP contribution is -2.20. The summed E-state index contributed by atoms with van der Waals surface area (Å²) in [6.45, 7) is 0. The second-order valence-corrected chi connectivity index (χ2v) is 2.11. The molecule has 0 atom stereocenters. The van der Waals surface area contributed by atoms with Crippen LogP contribution < -0.4 is 5.84 Å². The fourth-order valence-electron chi connectivity index (χ4n) is 0.505. The molecule has 11 heavy (non-hydrogen) atoms. The van der Waals surface area contributed by atoms with Crippen LogP contribution in [0.3, 0.4) is 0 Å². The minimum Gasteiger partial charge on any atom is -0.335 e. The van der Waals surface area contributed by atoms with Crippen LogP contribution in [0.25, 0.3) is 0 Å². The fraction of sp³-hybridized carbons (Fsp3) is 0.333. The highest BCUT2D eigenvalue weighted by Crippen LogP contribution is 2.25. The standard InChI is InChI=1S/C3H3F3N4S/c4-3(5,6)1-8-9-2(11)10(1)7/h7H2,(H,9,11). The third kappa shape index (κ3) is 1.34. The Bertz CT molecular complexity index is 309. The highest BCUT2D eigenvalue weighted by molar-refractivity contribution is 7.71. The molecule has 3 N–H and O–H groups in total. The van der Waals surface area contributed by atoms with Crippen molar-refractivity contribution >= 4 is 12.2 Å². The number of aromatic nitrogens is 3. The van der Waals surface area contributed by atoms with Gasteiger partial charge >= 0.3 is 6.18 Å². The zero-order valence-corrected chi connectivity index (χ0v) is 5.83. The van der Waals surface area contributed by atoms with Gasteiger partial charge in [-0.05, 0) is 12.2 Å². The SMILES string of the molecule is Nn1c(C(F)(F)F)n[nH]c1=S. The molecule has 1 aromatic rings. The zero-order valence-electron chi connectivity index (χ0n) is 5.01. The molecular formula is C3H3F3N4S.